The molecular formula is C14H10S. The Kier molecular flexibility index (Phi) is 3.11. The average Bonchev–Trinajstić information content (AvgIpc) is 2.31. The molecule has 0 radical (unpaired) electrons. The van der Waals surface area contributed by atoms with Crippen molar-refractivity contribution >= 4 is 11.8 Å². The number of benzene rings is 2. The van der Waals surface area contributed by atoms with Gasteiger partial charge in [0.15, 0.2) is 0 Å². The monoisotopic (exact) mass is 210 g/mol. The van der Waals surface area contributed by atoms with Gasteiger partial charge in [0.05, 0.1) is 0 Å². The summed E-state index contributed by atoms with van der Waals surface area (Å²) in [5.41, 5.74) is 2.40. The summed E-state index contributed by atoms with van der Waals surface area (Å²) in [6.45, 7) is 0. The first-order chi connectivity index (χ1) is 7.42. The molecule has 15 heavy (non-hydrogen) atoms. The number of hydrogen-bond donors (Lipinski definition) is 0. The quantitative estimate of drug-likeness (QED) is 0.532. The van der Waals surface area contributed by atoms with Crippen LogP contribution in [0.25, 0.3) is 11.1 Å². The molecule has 72 valence electrons. The molecule has 2 rings (SSSR count). The van der Waals surface area contributed by atoms with Crippen LogP contribution in [0.4, 0.5) is 0 Å². The van der Waals surface area contributed by atoms with Gasteiger partial charge >= 0.3 is 0 Å². The molecule has 0 aliphatic carbocycles. The maximum absolute atomic E-state index is 5.32. The van der Waals surface area contributed by atoms with Crippen molar-refractivity contribution in [3.05, 3.63) is 54.6 Å². The first-order valence-electron chi connectivity index (χ1n) is 4.68. The predicted octanol–water partition coefficient (Wildman–Crippen LogP) is 4.04. The maximum atomic E-state index is 5.32. The summed E-state index contributed by atoms with van der Waals surface area (Å²) < 4.78 is 0. The lowest BCUT2D eigenvalue weighted by Crippen LogP contribution is -1.80. The van der Waals surface area contributed by atoms with E-state index in [-0.39, 0.29) is 0 Å². The zero-order valence-corrected chi connectivity index (χ0v) is 9.00. The molecular weight excluding hydrogens is 200 g/mol. The molecule has 1 heteroatoms. The van der Waals surface area contributed by atoms with Crippen molar-refractivity contribution in [3.8, 4) is 22.8 Å². The Morgan fingerprint density at radius 1 is 0.867 bits per heavy atom. The zero-order valence-electron chi connectivity index (χ0n) is 8.18. The summed E-state index contributed by atoms with van der Waals surface area (Å²) in [7, 11) is 0. The average molecular weight is 210 g/mol. The van der Waals surface area contributed by atoms with Crippen LogP contribution in [-0.4, -0.2) is 0 Å². The lowest BCUT2D eigenvalue weighted by atomic mass is 10.1. The molecule has 0 fully saturated rings. The van der Waals surface area contributed by atoms with Crippen LogP contribution in [0, 0.1) is 11.7 Å². The van der Waals surface area contributed by atoms with E-state index in [9.17, 15) is 0 Å². The van der Waals surface area contributed by atoms with Crippen LogP contribution in [0.1, 0.15) is 0 Å². The van der Waals surface area contributed by atoms with Gasteiger partial charge in [-0.25, -0.2) is 0 Å². The van der Waals surface area contributed by atoms with Crippen molar-refractivity contribution in [2.24, 2.45) is 0 Å². The van der Waals surface area contributed by atoms with E-state index in [1.165, 1.54) is 22.9 Å². The van der Waals surface area contributed by atoms with E-state index in [4.69, 9.17) is 6.42 Å². The second-order valence-electron chi connectivity index (χ2n) is 3.08. The molecule has 0 amide bonds. The standard InChI is InChI=1S/C14H10S/c1-2-15-14-11-7-6-10-13(14)12-8-4-3-5-9-12/h1,3-11H. The van der Waals surface area contributed by atoms with E-state index in [0.717, 1.165) is 4.90 Å². The minimum absolute atomic E-state index is 1.13. The normalized spacial score (nSPS) is 9.53. The lowest BCUT2D eigenvalue weighted by Gasteiger charge is -2.05. The van der Waals surface area contributed by atoms with Gasteiger partial charge in [0.25, 0.3) is 0 Å². The third-order valence-electron chi connectivity index (χ3n) is 2.14. The summed E-state index contributed by atoms with van der Waals surface area (Å²) in [5.74, 6) is 0. The summed E-state index contributed by atoms with van der Waals surface area (Å²) >= 11 is 1.42. The number of hydrogen-bond acceptors (Lipinski definition) is 1. The molecule has 0 aromatic heterocycles. The van der Waals surface area contributed by atoms with Crippen molar-refractivity contribution in [1.29, 1.82) is 0 Å². The molecule has 0 aliphatic rings. The third kappa shape index (κ3) is 2.23. The molecule has 0 saturated carbocycles. The molecule has 2 aromatic rings. The summed E-state index contributed by atoms with van der Waals surface area (Å²) in [6.07, 6.45) is 5.32. The second kappa shape index (κ2) is 4.72. The van der Waals surface area contributed by atoms with Crippen LogP contribution in [0.5, 0.6) is 0 Å². The van der Waals surface area contributed by atoms with Crippen molar-refractivity contribution in [3.63, 3.8) is 0 Å². The van der Waals surface area contributed by atoms with Crippen molar-refractivity contribution < 1.29 is 0 Å². The van der Waals surface area contributed by atoms with Crippen LogP contribution in [0.2, 0.25) is 0 Å². The Labute approximate surface area is 94.3 Å². The zero-order chi connectivity index (χ0) is 10.5. The van der Waals surface area contributed by atoms with Gasteiger partial charge in [-0.3, -0.25) is 0 Å². The van der Waals surface area contributed by atoms with Gasteiger partial charge in [0, 0.05) is 4.90 Å². The fourth-order valence-electron chi connectivity index (χ4n) is 1.48. The minimum atomic E-state index is 1.13. The van der Waals surface area contributed by atoms with Gasteiger partial charge < -0.3 is 0 Å². The highest BCUT2D eigenvalue weighted by Gasteiger charge is 2.02. The molecule has 0 spiro atoms. The highest BCUT2D eigenvalue weighted by atomic mass is 32.2. The highest BCUT2D eigenvalue weighted by Crippen LogP contribution is 2.30. The molecule has 0 nitrogen and oxygen atoms in total. The first kappa shape index (κ1) is 9.89. The van der Waals surface area contributed by atoms with Gasteiger partial charge in [-0.1, -0.05) is 48.5 Å². The Morgan fingerprint density at radius 3 is 2.27 bits per heavy atom. The highest BCUT2D eigenvalue weighted by molar-refractivity contribution is 8.04. The molecule has 0 unspecified atom stereocenters. The molecule has 0 bridgehead atoms. The van der Waals surface area contributed by atoms with Crippen molar-refractivity contribution in [2.75, 3.05) is 0 Å². The maximum Gasteiger partial charge on any atom is 0.0281 e. The van der Waals surface area contributed by atoms with Crippen LogP contribution < -0.4 is 0 Å². The van der Waals surface area contributed by atoms with Crippen molar-refractivity contribution in [2.45, 2.75) is 4.90 Å². The second-order valence-corrected chi connectivity index (χ2v) is 3.96. The Balaban J connectivity index is 2.49. The molecule has 0 N–H and O–H groups in total. The Hall–Kier alpha value is -1.65. The van der Waals surface area contributed by atoms with Gasteiger partial charge in [-0.2, -0.15) is 0 Å². The number of thioether (sulfide) groups is 1. The topological polar surface area (TPSA) is 0 Å². The van der Waals surface area contributed by atoms with E-state index < -0.39 is 0 Å². The van der Waals surface area contributed by atoms with Gasteiger partial charge in [-0.15, -0.1) is 6.42 Å². The molecule has 2 aromatic carbocycles. The fraction of sp³-hybridized carbons (Fsp3) is 0. The predicted molar refractivity (Wildman–Crippen MR) is 66.6 cm³/mol. The SMILES string of the molecule is C#CSc1ccccc1-c1ccccc1. The van der Waals surface area contributed by atoms with E-state index in [2.05, 4.69) is 23.5 Å². The fourth-order valence-corrected chi connectivity index (χ4v) is 2.04. The van der Waals surface area contributed by atoms with Crippen LogP contribution in [0.3, 0.4) is 0 Å². The smallest absolute Gasteiger partial charge is 0.0281 e. The summed E-state index contributed by atoms with van der Waals surface area (Å²) in [4.78, 5) is 1.13. The lowest BCUT2D eigenvalue weighted by molar-refractivity contribution is 1.45. The largest absolute Gasteiger partial charge is 0.108 e. The summed E-state index contributed by atoms with van der Waals surface area (Å²) in [5, 5.41) is 2.61. The van der Waals surface area contributed by atoms with E-state index in [1.54, 1.807) is 0 Å². The molecule has 0 aliphatic heterocycles. The van der Waals surface area contributed by atoms with E-state index in [1.807, 2.05) is 36.4 Å². The van der Waals surface area contributed by atoms with Gasteiger partial charge in [-0.05, 0) is 34.2 Å². The molecule has 0 heterocycles. The number of terminal acetylenes is 1. The Morgan fingerprint density at radius 2 is 1.53 bits per heavy atom. The summed E-state index contributed by atoms with van der Waals surface area (Å²) in [6, 6.07) is 18.4. The molecule has 0 atom stereocenters. The minimum Gasteiger partial charge on any atom is -0.108 e. The number of rotatable bonds is 2. The molecule has 0 saturated heterocycles. The van der Waals surface area contributed by atoms with Crippen LogP contribution in [0.15, 0.2) is 59.5 Å². The first-order valence-corrected chi connectivity index (χ1v) is 5.50. The van der Waals surface area contributed by atoms with E-state index >= 15 is 0 Å². The van der Waals surface area contributed by atoms with Gasteiger partial charge in [0.2, 0.25) is 0 Å². The third-order valence-corrected chi connectivity index (χ3v) is 2.83. The Bertz CT molecular complexity index is 480. The van der Waals surface area contributed by atoms with Gasteiger partial charge in [0.1, 0.15) is 0 Å². The van der Waals surface area contributed by atoms with Crippen LogP contribution >= 0.6 is 11.8 Å². The van der Waals surface area contributed by atoms with Crippen molar-refractivity contribution in [1.82, 2.24) is 0 Å². The van der Waals surface area contributed by atoms with Crippen LogP contribution in [-0.2, 0) is 0 Å². The van der Waals surface area contributed by atoms with E-state index in [0.29, 0.717) is 0 Å².